The molecular weight excluding hydrogens is 347 g/mol. The molecule has 1 aromatic heterocycles. The predicted molar refractivity (Wildman–Crippen MR) is 109 cm³/mol. The predicted octanol–water partition coefficient (Wildman–Crippen LogP) is 4.85. The van der Waals surface area contributed by atoms with Crippen LogP contribution in [0.25, 0.3) is 6.08 Å². The van der Waals surface area contributed by atoms with Gasteiger partial charge in [0.25, 0.3) is 0 Å². The van der Waals surface area contributed by atoms with E-state index in [1.165, 1.54) is 0 Å². The fourth-order valence-corrected chi connectivity index (χ4v) is 5.06. The Balaban J connectivity index is 1.99. The molecule has 0 unspecified atom stereocenters. The SMILES string of the molecule is C/C(C=NP(=O)(c1ccccc1)c1ccccc1)=C\c1csc(C)n1. The van der Waals surface area contributed by atoms with Crippen LogP contribution in [0.3, 0.4) is 0 Å². The second-order valence-electron chi connectivity index (χ2n) is 5.67. The lowest BCUT2D eigenvalue weighted by molar-refractivity contribution is 0.588. The first-order valence-electron chi connectivity index (χ1n) is 7.95. The van der Waals surface area contributed by atoms with E-state index in [0.29, 0.717) is 0 Å². The standard InChI is InChI=1S/C20H19N2OPS/c1-16(13-18-15-25-17(2)22-18)14-21-24(23,19-9-5-3-6-10-19)20-11-7-4-8-12-20/h3-15H,1-2H3/b16-13+,21-14?. The van der Waals surface area contributed by atoms with Crippen molar-refractivity contribution in [3.8, 4) is 0 Å². The van der Waals surface area contributed by atoms with Gasteiger partial charge < -0.3 is 0 Å². The van der Waals surface area contributed by atoms with Crippen molar-refractivity contribution in [1.29, 1.82) is 0 Å². The minimum absolute atomic E-state index is 0.731. The van der Waals surface area contributed by atoms with E-state index in [-0.39, 0.29) is 0 Å². The quantitative estimate of drug-likeness (QED) is 0.478. The number of thiazole rings is 1. The zero-order valence-electron chi connectivity index (χ0n) is 14.2. The van der Waals surface area contributed by atoms with Gasteiger partial charge in [-0.2, -0.15) is 0 Å². The lowest BCUT2D eigenvalue weighted by Crippen LogP contribution is -2.14. The van der Waals surface area contributed by atoms with E-state index in [4.69, 9.17) is 0 Å². The van der Waals surface area contributed by atoms with Crippen LogP contribution in [0.2, 0.25) is 0 Å². The van der Waals surface area contributed by atoms with Gasteiger partial charge in [-0.05, 0) is 49.8 Å². The first-order valence-corrected chi connectivity index (χ1v) is 10.5. The normalized spacial score (nSPS) is 12.6. The van der Waals surface area contributed by atoms with E-state index >= 15 is 0 Å². The van der Waals surface area contributed by atoms with E-state index < -0.39 is 7.29 Å². The number of hydrogen-bond acceptors (Lipinski definition) is 3. The van der Waals surface area contributed by atoms with Crippen molar-refractivity contribution in [2.45, 2.75) is 13.8 Å². The molecule has 0 aliphatic carbocycles. The summed E-state index contributed by atoms with van der Waals surface area (Å²) in [7, 11) is -3.07. The van der Waals surface area contributed by atoms with Crippen LogP contribution < -0.4 is 10.6 Å². The summed E-state index contributed by atoms with van der Waals surface area (Å²) in [5.41, 5.74) is 1.82. The maximum Gasteiger partial charge on any atom is 0.247 e. The van der Waals surface area contributed by atoms with Gasteiger partial charge in [-0.15, -0.1) is 11.3 Å². The molecule has 0 fully saturated rings. The first kappa shape index (κ1) is 17.5. The smallest absolute Gasteiger partial charge is 0.247 e. The lowest BCUT2D eigenvalue weighted by Gasteiger charge is -2.14. The van der Waals surface area contributed by atoms with E-state index in [2.05, 4.69) is 9.75 Å². The summed E-state index contributed by atoms with van der Waals surface area (Å²) in [6.07, 6.45) is 3.64. The molecule has 0 saturated carbocycles. The fraction of sp³-hybridized carbons (Fsp3) is 0.100. The molecular formula is C20H19N2OPS. The molecule has 0 saturated heterocycles. The number of nitrogens with zero attached hydrogens (tertiary/aromatic N) is 2. The van der Waals surface area contributed by atoms with Crippen molar-refractivity contribution < 1.29 is 4.57 Å². The summed E-state index contributed by atoms with van der Waals surface area (Å²) in [6, 6.07) is 18.9. The first-order chi connectivity index (χ1) is 12.1. The molecule has 0 amide bonds. The molecule has 1 heterocycles. The summed E-state index contributed by atoms with van der Waals surface area (Å²) in [4.78, 5) is 4.42. The number of benzene rings is 2. The van der Waals surface area contributed by atoms with Gasteiger partial charge in [0.1, 0.15) is 0 Å². The molecule has 126 valence electrons. The van der Waals surface area contributed by atoms with E-state index in [0.717, 1.165) is 26.9 Å². The zero-order chi connectivity index (χ0) is 17.7. The van der Waals surface area contributed by atoms with E-state index in [9.17, 15) is 4.57 Å². The van der Waals surface area contributed by atoms with Crippen LogP contribution in [0, 0.1) is 6.92 Å². The Morgan fingerprint density at radius 2 is 1.60 bits per heavy atom. The summed E-state index contributed by atoms with van der Waals surface area (Å²) in [6.45, 7) is 3.92. The molecule has 25 heavy (non-hydrogen) atoms. The molecule has 0 aliphatic rings. The molecule has 0 bridgehead atoms. The third-order valence-corrected chi connectivity index (χ3v) is 6.88. The van der Waals surface area contributed by atoms with Crippen molar-refractivity contribution in [2.75, 3.05) is 0 Å². The van der Waals surface area contributed by atoms with Crippen LogP contribution in [0.5, 0.6) is 0 Å². The average molecular weight is 366 g/mol. The van der Waals surface area contributed by atoms with Gasteiger partial charge in [-0.1, -0.05) is 36.4 Å². The lowest BCUT2D eigenvalue weighted by atomic mass is 10.3. The average Bonchev–Trinajstić information content (AvgIpc) is 3.06. The monoisotopic (exact) mass is 366 g/mol. The van der Waals surface area contributed by atoms with Gasteiger partial charge in [-0.3, -0.25) is 4.57 Å². The Hall–Kier alpha value is -2.29. The molecule has 0 N–H and O–H groups in total. The molecule has 0 spiro atoms. The molecule has 0 aliphatic heterocycles. The van der Waals surface area contributed by atoms with E-state index in [1.807, 2.05) is 86.0 Å². The topological polar surface area (TPSA) is 42.3 Å². The third kappa shape index (κ3) is 4.22. The van der Waals surface area contributed by atoms with Gasteiger partial charge in [0.15, 0.2) is 0 Å². The Morgan fingerprint density at radius 1 is 1.04 bits per heavy atom. The van der Waals surface area contributed by atoms with Crippen molar-refractivity contribution in [3.05, 3.63) is 82.3 Å². The number of hydrogen-bond donors (Lipinski definition) is 0. The van der Waals surface area contributed by atoms with E-state index in [1.54, 1.807) is 17.6 Å². The maximum absolute atomic E-state index is 13.7. The minimum Gasteiger partial charge on any atom is -0.288 e. The molecule has 5 heteroatoms. The van der Waals surface area contributed by atoms with Crippen LogP contribution in [-0.4, -0.2) is 11.2 Å². The highest BCUT2D eigenvalue weighted by Crippen LogP contribution is 2.44. The Morgan fingerprint density at radius 3 is 2.08 bits per heavy atom. The Bertz CT molecular complexity index is 903. The maximum atomic E-state index is 13.7. The number of allylic oxidation sites excluding steroid dienone is 1. The Labute approximate surface area is 152 Å². The number of rotatable bonds is 5. The highest BCUT2D eigenvalue weighted by molar-refractivity contribution is 7.77. The van der Waals surface area contributed by atoms with Crippen LogP contribution in [-0.2, 0) is 4.57 Å². The molecule has 0 radical (unpaired) electrons. The van der Waals surface area contributed by atoms with Crippen molar-refractivity contribution in [2.24, 2.45) is 4.76 Å². The van der Waals surface area contributed by atoms with Crippen molar-refractivity contribution >= 4 is 41.5 Å². The van der Waals surface area contributed by atoms with Crippen LogP contribution in [0.1, 0.15) is 17.6 Å². The highest BCUT2D eigenvalue weighted by Gasteiger charge is 2.25. The summed E-state index contributed by atoms with van der Waals surface area (Å²) in [5, 5.41) is 4.49. The second-order valence-corrected chi connectivity index (χ2v) is 9.15. The molecule has 3 nitrogen and oxygen atoms in total. The van der Waals surface area contributed by atoms with Gasteiger partial charge in [0.2, 0.25) is 7.29 Å². The Kier molecular flexibility index (Phi) is 5.42. The molecule has 3 rings (SSSR count). The largest absolute Gasteiger partial charge is 0.288 e. The third-order valence-electron chi connectivity index (χ3n) is 3.65. The van der Waals surface area contributed by atoms with Gasteiger partial charge in [-0.25, -0.2) is 9.75 Å². The van der Waals surface area contributed by atoms with Crippen LogP contribution in [0.15, 0.2) is 76.4 Å². The van der Waals surface area contributed by atoms with Gasteiger partial charge in [0, 0.05) is 22.2 Å². The molecule has 0 atom stereocenters. The molecule has 3 aromatic rings. The number of aromatic nitrogens is 1. The summed E-state index contributed by atoms with van der Waals surface area (Å²) < 4.78 is 18.3. The van der Waals surface area contributed by atoms with Crippen molar-refractivity contribution in [3.63, 3.8) is 0 Å². The minimum atomic E-state index is -3.07. The van der Waals surface area contributed by atoms with Crippen LogP contribution >= 0.6 is 18.6 Å². The highest BCUT2D eigenvalue weighted by atomic mass is 32.1. The zero-order valence-corrected chi connectivity index (χ0v) is 15.9. The van der Waals surface area contributed by atoms with Gasteiger partial charge in [0.05, 0.1) is 10.7 Å². The summed E-state index contributed by atoms with van der Waals surface area (Å²) in [5.74, 6) is 0. The second kappa shape index (κ2) is 7.73. The van der Waals surface area contributed by atoms with Crippen molar-refractivity contribution in [1.82, 2.24) is 4.98 Å². The van der Waals surface area contributed by atoms with Crippen LogP contribution in [0.4, 0.5) is 0 Å². The fourth-order valence-electron chi connectivity index (χ4n) is 2.43. The van der Waals surface area contributed by atoms with Gasteiger partial charge >= 0.3 is 0 Å². The summed E-state index contributed by atoms with van der Waals surface area (Å²) >= 11 is 1.61. The molecule has 2 aromatic carbocycles. The number of aryl methyl sites for hydroxylation is 1.